The van der Waals surface area contributed by atoms with Gasteiger partial charge < -0.3 is 0 Å². The molecule has 0 bridgehead atoms. The van der Waals surface area contributed by atoms with E-state index in [2.05, 4.69) is 33.8 Å². The number of fused-ring (bicyclic) bond motifs is 3. The Bertz CT molecular complexity index is 659. The monoisotopic (exact) mass is 238 g/mol. The maximum atomic E-state index is 4.49. The Morgan fingerprint density at radius 2 is 1.56 bits per heavy atom. The van der Waals surface area contributed by atoms with E-state index in [1.807, 2.05) is 6.20 Å². The lowest BCUT2D eigenvalue weighted by Crippen LogP contribution is -2.00. The van der Waals surface area contributed by atoms with E-state index < -0.39 is 0 Å². The minimum Gasteiger partial charge on any atom is -0.253 e. The van der Waals surface area contributed by atoms with E-state index in [4.69, 9.17) is 0 Å². The Hall–Kier alpha value is -2.10. The highest BCUT2D eigenvalue weighted by Gasteiger charge is 2.14. The highest BCUT2D eigenvalue weighted by molar-refractivity contribution is 6.04. The molecule has 2 aromatic heterocycles. The Balaban J connectivity index is 2.61. The van der Waals surface area contributed by atoms with Crippen molar-refractivity contribution in [2.24, 2.45) is 0 Å². The molecular weight excluding hydrogens is 224 g/mol. The largest absolute Gasteiger partial charge is 0.253 e. The molecule has 18 heavy (non-hydrogen) atoms. The number of aromatic nitrogens is 4. The Labute approximate surface area is 105 Å². The van der Waals surface area contributed by atoms with Gasteiger partial charge in [-0.15, -0.1) is 0 Å². The molecule has 0 aliphatic heterocycles. The maximum absolute atomic E-state index is 4.49. The lowest BCUT2D eigenvalue weighted by Gasteiger charge is -2.12. The summed E-state index contributed by atoms with van der Waals surface area (Å²) >= 11 is 0. The molecule has 0 fully saturated rings. The van der Waals surface area contributed by atoms with Crippen LogP contribution >= 0.6 is 0 Å². The van der Waals surface area contributed by atoms with E-state index in [1.165, 1.54) is 11.1 Å². The Kier molecular flexibility index (Phi) is 2.63. The zero-order valence-electron chi connectivity index (χ0n) is 10.5. The van der Waals surface area contributed by atoms with E-state index >= 15 is 0 Å². The summed E-state index contributed by atoms with van der Waals surface area (Å²) in [5.41, 5.74) is 5.32. The van der Waals surface area contributed by atoms with Gasteiger partial charge in [0.15, 0.2) is 0 Å². The number of rotatable bonds is 2. The maximum Gasteiger partial charge on any atom is 0.116 e. The quantitative estimate of drug-likeness (QED) is 0.644. The van der Waals surface area contributed by atoms with Gasteiger partial charge in [0.2, 0.25) is 0 Å². The van der Waals surface area contributed by atoms with Crippen molar-refractivity contribution >= 4 is 21.9 Å². The Morgan fingerprint density at radius 3 is 2.28 bits per heavy atom. The number of hydrogen-bond acceptors (Lipinski definition) is 4. The topological polar surface area (TPSA) is 51.6 Å². The van der Waals surface area contributed by atoms with Crippen LogP contribution in [0.3, 0.4) is 0 Å². The standard InChI is InChI=1S/C14H14N4/c1-3-9-10(4-2)12-14(17-6-5-16-12)13-11(9)7-15-8-18-13/h5-8H,3-4H2,1-2H3. The molecule has 0 radical (unpaired) electrons. The van der Waals surface area contributed by atoms with E-state index in [0.29, 0.717) is 0 Å². The summed E-state index contributed by atoms with van der Waals surface area (Å²) in [7, 11) is 0. The molecule has 3 aromatic rings. The summed E-state index contributed by atoms with van der Waals surface area (Å²) in [4.78, 5) is 17.5. The fraction of sp³-hybridized carbons (Fsp3) is 0.286. The molecular formula is C14H14N4. The summed E-state index contributed by atoms with van der Waals surface area (Å²) in [6.07, 6.45) is 8.82. The van der Waals surface area contributed by atoms with Crippen LogP contribution in [0.2, 0.25) is 0 Å². The van der Waals surface area contributed by atoms with Crippen LogP contribution in [0.1, 0.15) is 25.0 Å². The summed E-state index contributed by atoms with van der Waals surface area (Å²) in [5.74, 6) is 0. The average molecular weight is 238 g/mol. The number of benzene rings is 1. The van der Waals surface area contributed by atoms with Crippen molar-refractivity contribution < 1.29 is 0 Å². The molecule has 0 amide bonds. The normalized spacial score (nSPS) is 11.2. The van der Waals surface area contributed by atoms with Gasteiger partial charge in [-0.25, -0.2) is 9.97 Å². The molecule has 0 spiro atoms. The molecule has 3 rings (SSSR count). The molecule has 4 nitrogen and oxygen atoms in total. The predicted octanol–water partition coefficient (Wildman–Crippen LogP) is 2.70. The third kappa shape index (κ3) is 1.45. The third-order valence-electron chi connectivity index (χ3n) is 3.32. The van der Waals surface area contributed by atoms with Crippen LogP contribution in [0.15, 0.2) is 24.9 Å². The molecule has 0 saturated carbocycles. The molecule has 2 heterocycles. The average Bonchev–Trinajstić information content (AvgIpc) is 2.45. The van der Waals surface area contributed by atoms with E-state index in [0.717, 1.165) is 34.8 Å². The fourth-order valence-corrected chi connectivity index (χ4v) is 2.56. The smallest absolute Gasteiger partial charge is 0.116 e. The molecule has 0 saturated heterocycles. The zero-order chi connectivity index (χ0) is 12.5. The van der Waals surface area contributed by atoms with Crippen LogP contribution in [-0.2, 0) is 12.8 Å². The highest BCUT2D eigenvalue weighted by Crippen LogP contribution is 2.29. The van der Waals surface area contributed by atoms with Gasteiger partial charge in [-0.2, -0.15) is 0 Å². The first-order valence-corrected chi connectivity index (χ1v) is 6.21. The zero-order valence-corrected chi connectivity index (χ0v) is 10.5. The van der Waals surface area contributed by atoms with Crippen LogP contribution < -0.4 is 0 Å². The lowest BCUT2D eigenvalue weighted by atomic mass is 9.96. The first kappa shape index (κ1) is 11.0. The van der Waals surface area contributed by atoms with Crippen molar-refractivity contribution in [3.05, 3.63) is 36.0 Å². The second-order valence-corrected chi connectivity index (χ2v) is 4.20. The van der Waals surface area contributed by atoms with Gasteiger partial charge in [0.05, 0.1) is 5.52 Å². The van der Waals surface area contributed by atoms with Crippen molar-refractivity contribution in [3.8, 4) is 0 Å². The SMILES string of the molecule is CCc1c(CC)c2nccnc2c2ncncc12. The van der Waals surface area contributed by atoms with Crippen LogP contribution in [-0.4, -0.2) is 19.9 Å². The van der Waals surface area contributed by atoms with Crippen LogP contribution in [0, 0.1) is 0 Å². The van der Waals surface area contributed by atoms with Gasteiger partial charge in [-0.05, 0) is 24.0 Å². The minimum absolute atomic E-state index is 0.879. The third-order valence-corrected chi connectivity index (χ3v) is 3.32. The highest BCUT2D eigenvalue weighted by atomic mass is 14.9. The number of hydrogen-bond donors (Lipinski definition) is 0. The van der Waals surface area contributed by atoms with Crippen LogP contribution in [0.4, 0.5) is 0 Å². The van der Waals surface area contributed by atoms with Crippen molar-refractivity contribution in [3.63, 3.8) is 0 Å². The van der Waals surface area contributed by atoms with Crippen molar-refractivity contribution in [1.29, 1.82) is 0 Å². The Morgan fingerprint density at radius 1 is 0.833 bits per heavy atom. The molecule has 1 aromatic carbocycles. The number of nitrogens with zero attached hydrogens (tertiary/aromatic N) is 4. The molecule has 0 aliphatic carbocycles. The van der Waals surface area contributed by atoms with E-state index in [-0.39, 0.29) is 0 Å². The van der Waals surface area contributed by atoms with Gasteiger partial charge in [0, 0.05) is 24.0 Å². The first-order chi connectivity index (χ1) is 8.86. The number of aryl methyl sites for hydroxylation is 2. The molecule has 0 unspecified atom stereocenters. The predicted molar refractivity (Wildman–Crippen MR) is 71.4 cm³/mol. The van der Waals surface area contributed by atoms with Crippen LogP contribution in [0.5, 0.6) is 0 Å². The van der Waals surface area contributed by atoms with Gasteiger partial charge in [-0.3, -0.25) is 9.97 Å². The van der Waals surface area contributed by atoms with Gasteiger partial charge >= 0.3 is 0 Å². The summed E-state index contributed by atoms with van der Waals surface area (Å²) in [6, 6.07) is 0. The molecule has 4 heteroatoms. The first-order valence-electron chi connectivity index (χ1n) is 6.21. The molecule has 90 valence electrons. The van der Waals surface area contributed by atoms with Crippen LogP contribution in [0.25, 0.3) is 21.9 Å². The fourth-order valence-electron chi connectivity index (χ4n) is 2.56. The molecule has 0 atom stereocenters. The summed E-state index contributed by atoms with van der Waals surface area (Å²) in [6.45, 7) is 4.31. The molecule has 0 aliphatic rings. The van der Waals surface area contributed by atoms with Gasteiger partial charge in [0.1, 0.15) is 17.4 Å². The summed E-state index contributed by atoms with van der Waals surface area (Å²) in [5, 5.41) is 1.10. The lowest BCUT2D eigenvalue weighted by molar-refractivity contribution is 1.05. The van der Waals surface area contributed by atoms with Gasteiger partial charge in [0.25, 0.3) is 0 Å². The van der Waals surface area contributed by atoms with Gasteiger partial charge in [-0.1, -0.05) is 13.8 Å². The second kappa shape index (κ2) is 4.29. The van der Waals surface area contributed by atoms with Crippen molar-refractivity contribution in [2.75, 3.05) is 0 Å². The molecule has 0 N–H and O–H groups in total. The van der Waals surface area contributed by atoms with Crippen molar-refractivity contribution in [2.45, 2.75) is 26.7 Å². The second-order valence-electron chi connectivity index (χ2n) is 4.20. The minimum atomic E-state index is 0.879. The summed E-state index contributed by atoms with van der Waals surface area (Å²) < 4.78 is 0. The van der Waals surface area contributed by atoms with E-state index in [9.17, 15) is 0 Å². The van der Waals surface area contributed by atoms with E-state index in [1.54, 1.807) is 18.7 Å². The van der Waals surface area contributed by atoms with Crippen molar-refractivity contribution in [1.82, 2.24) is 19.9 Å².